The van der Waals surface area contributed by atoms with Crippen molar-refractivity contribution in [1.82, 2.24) is 4.98 Å². The van der Waals surface area contributed by atoms with Crippen molar-refractivity contribution in [1.29, 1.82) is 0 Å². The van der Waals surface area contributed by atoms with Gasteiger partial charge in [-0.15, -0.1) is 0 Å². The molecule has 0 amide bonds. The highest BCUT2D eigenvalue weighted by Crippen LogP contribution is 2.20. The third-order valence-corrected chi connectivity index (χ3v) is 2.59. The van der Waals surface area contributed by atoms with Crippen molar-refractivity contribution in [3.05, 3.63) is 11.6 Å². The molecule has 2 N–H and O–H groups in total. The Morgan fingerprint density at radius 2 is 2.47 bits per heavy atom. The third kappa shape index (κ3) is 2.76. The minimum Gasteiger partial charge on any atom is -0.461 e. The van der Waals surface area contributed by atoms with E-state index >= 15 is 0 Å². The molecule has 0 bridgehead atoms. The highest BCUT2D eigenvalue weighted by Gasteiger charge is 2.23. The Morgan fingerprint density at radius 3 is 3.12 bits per heavy atom. The molecule has 94 valence electrons. The van der Waals surface area contributed by atoms with E-state index in [1.165, 1.54) is 0 Å². The minimum atomic E-state index is -0.549. The lowest BCUT2D eigenvalue weighted by Gasteiger charge is -2.04. The van der Waals surface area contributed by atoms with E-state index in [-0.39, 0.29) is 24.3 Å². The number of nitrogen functional groups attached to an aromatic ring is 1. The fourth-order valence-electron chi connectivity index (χ4n) is 1.81. The Hall–Kier alpha value is -1.56. The van der Waals surface area contributed by atoms with Gasteiger partial charge < -0.3 is 19.6 Å². The number of anilines is 1. The van der Waals surface area contributed by atoms with Gasteiger partial charge in [0.05, 0.1) is 19.1 Å². The lowest BCUT2D eigenvalue weighted by molar-refractivity contribution is 0.0520. The lowest BCUT2D eigenvalue weighted by Crippen LogP contribution is -2.10. The number of ether oxygens (including phenoxy) is 2. The highest BCUT2D eigenvalue weighted by atomic mass is 16.5. The number of nitrogens with two attached hydrogens (primary N) is 1. The summed E-state index contributed by atoms with van der Waals surface area (Å²) in [5.74, 6) is -0.110. The van der Waals surface area contributed by atoms with Gasteiger partial charge in [-0.2, -0.15) is 0 Å². The van der Waals surface area contributed by atoms with Gasteiger partial charge in [-0.25, -0.2) is 9.78 Å². The van der Waals surface area contributed by atoms with Crippen LogP contribution in [0.15, 0.2) is 4.42 Å². The fraction of sp³-hybridized carbons (Fsp3) is 0.636. The first-order valence-corrected chi connectivity index (χ1v) is 5.74. The summed E-state index contributed by atoms with van der Waals surface area (Å²) >= 11 is 0. The molecule has 2 heterocycles. The maximum atomic E-state index is 11.5. The van der Waals surface area contributed by atoms with Crippen molar-refractivity contribution in [3.8, 4) is 0 Å². The predicted octanol–water partition coefficient (Wildman–Crippen LogP) is 1.16. The number of rotatable bonds is 4. The number of carbonyl (C=O) groups is 1. The van der Waals surface area contributed by atoms with Crippen LogP contribution in [-0.2, 0) is 15.9 Å². The van der Waals surface area contributed by atoms with Crippen LogP contribution in [0.5, 0.6) is 0 Å². The Morgan fingerprint density at radius 1 is 1.65 bits per heavy atom. The van der Waals surface area contributed by atoms with E-state index in [1.807, 2.05) is 0 Å². The van der Waals surface area contributed by atoms with E-state index in [9.17, 15) is 4.79 Å². The summed E-state index contributed by atoms with van der Waals surface area (Å²) < 4.78 is 15.5. The normalized spacial score (nSPS) is 19.5. The van der Waals surface area contributed by atoms with Crippen LogP contribution in [0.2, 0.25) is 0 Å². The van der Waals surface area contributed by atoms with E-state index in [1.54, 1.807) is 6.92 Å². The molecule has 1 aliphatic rings. The van der Waals surface area contributed by atoms with Crippen LogP contribution >= 0.6 is 0 Å². The van der Waals surface area contributed by atoms with Gasteiger partial charge in [-0.05, 0) is 19.8 Å². The number of nitrogens with zero attached hydrogens (tertiary/aromatic N) is 1. The van der Waals surface area contributed by atoms with Crippen molar-refractivity contribution in [2.45, 2.75) is 32.3 Å². The Bertz CT molecular complexity index is 396. The van der Waals surface area contributed by atoms with Gasteiger partial charge in [0.25, 0.3) is 0 Å². The number of hydrogen-bond donors (Lipinski definition) is 1. The summed E-state index contributed by atoms with van der Waals surface area (Å²) in [5.41, 5.74) is 5.63. The first kappa shape index (κ1) is 11.9. The molecule has 0 radical (unpaired) electrons. The van der Waals surface area contributed by atoms with Crippen LogP contribution < -0.4 is 5.73 Å². The van der Waals surface area contributed by atoms with Gasteiger partial charge in [0.15, 0.2) is 5.89 Å². The second-order valence-corrected chi connectivity index (χ2v) is 3.88. The van der Waals surface area contributed by atoms with E-state index < -0.39 is 5.97 Å². The zero-order valence-corrected chi connectivity index (χ0v) is 9.77. The molecule has 1 atom stereocenters. The van der Waals surface area contributed by atoms with Gasteiger partial charge in [-0.3, -0.25) is 0 Å². The zero-order chi connectivity index (χ0) is 12.3. The van der Waals surface area contributed by atoms with Gasteiger partial charge in [-0.1, -0.05) is 0 Å². The number of esters is 1. The van der Waals surface area contributed by atoms with Crippen LogP contribution in [0, 0.1) is 0 Å². The van der Waals surface area contributed by atoms with E-state index in [2.05, 4.69) is 4.98 Å². The molecule has 0 saturated carbocycles. The maximum absolute atomic E-state index is 11.5. The predicted molar refractivity (Wildman–Crippen MR) is 59.5 cm³/mol. The maximum Gasteiger partial charge on any atom is 0.362 e. The monoisotopic (exact) mass is 240 g/mol. The molecule has 1 saturated heterocycles. The summed E-state index contributed by atoms with van der Waals surface area (Å²) in [5, 5.41) is 0. The summed E-state index contributed by atoms with van der Waals surface area (Å²) in [6.45, 7) is 2.78. The quantitative estimate of drug-likeness (QED) is 0.794. The van der Waals surface area contributed by atoms with Crippen LogP contribution in [0.25, 0.3) is 0 Å². The van der Waals surface area contributed by atoms with Gasteiger partial charge >= 0.3 is 5.97 Å². The van der Waals surface area contributed by atoms with Crippen LogP contribution in [0.1, 0.15) is 36.1 Å². The second kappa shape index (κ2) is 5.18. The fourth-order valence-corrected chi connectivity index (χ4v) is 1.81. The topological polar surface area (TPSA) is 87.6 Å². The molecule has 6 heteroatoms. The molecule has 1 unspecified atom stereocenters. The average molecular weight is 240 g/mol. The number of hydrogen-bond acceptors (Lipinski definition) is 6. The second-order valence-electron chi connectivity index (χ2n) is 3.88. The van der Waals surface area contributed by atoms with E-state index in [0.29, 0.717) is 12.3 Å². The SMILES string of the molecule is CCOC(=O)c1nc(CC2CCCO2)oc1N. The highest BCUT2D eigenvalue weighted by molar-refractivity contribution is 5.91. The van der Waals surface area contributed by atoms with Crippen LogP contribution in [-0.4, -0.2) is 30.3 Å². The molecular formula is C11H16N2O4. The minimum absolute atomic E-state index is 0.0106. The zero-order valence-electron chi connectivity index (χ0n) is 9.77. The number of aromatic nitrogens is 1. The Balaban J connectivity index is 2.04. The van der Waals surface area contributed by atoms with Gasteiger partial charge in [0, 0.05) is 6.61 Å². The number of carbonyl (C=O) groups excluding carboxylic acids is 1. The summed E-state index contributed by atoms with van der Waals surface area (Å²) in [6.07, 6.45) is 2.69. The average Bonchev–Trinajstić information content (AvgIpc) is 2.89. The smallest absolute Gasteiger partial charge is 0.362 e. The molecular weight excluding hydrogens is 224 g/mol. The van der Waals surface area contributed by atoms with Crippen LogP contribution in [0.4, 0.5) is 5.88 Å². The summed E-state index contributed by atoms with van der Waals surface area (Å²) in [6, 6.07) is 0. The van der Waals surface area contributed by atoms with Crippen molar-refractivity contribution < 1.29 is 18.7 Å². The molecule has 0 spiro atoms. The van der Waals surface area contributed by atoms with E-state index in [0.717, 1.165) is 19.4 Å². The first-order valence-electron chi connectivity index (χ1n) is 5.74. The van der Waals surface area contributed by atoms with Crippen molar-refractivity contribution >= 4 is 11.9 Å². The van der Waals surface area contributed by atoms with E-state index in [4.69, 9.17) is 19.6 Å². The van der Waals surface area contributed by atoms with Gasteiger partial charge in [0.2, 0.25) is 11.6 Å². The number of oxazole rings is 1. The molecule has 1 aliphatic heterocycles. The van der Waals surface area contributed by atoms with Crippen molar-refractivity contribution in [2.75, 3.05) is 18.9 Å². The largest absolute Gasteiger partial charge is 0.461 e. The Kier molecular flexibility index (Phi) is 3.63. The van der Waals surface area contributed by atoms with Gasteiger partial charge in [0.1, 0.15) is 0 Å². The lowest BCUT2D eigenvalue weighted by atomic mass is 10.2. The molecule has 0 aliphatic carbocycles. The molecule has 0 aromatic carbocycles. The molecule has 17 heavy (non-hydrogen) atoms. The first-order chi connectivity index (χ1) is 8.20. The summed E-state index contributed by atoms with van der Waals surface area (Å²) in [4.78, 5) is 15.5. The van der Waals surface area contributed by atoms with Crippen molar-refractivity contribution in [3.63, 3.8) is 0 Å². The Labute approximate surface area is 99.1 Å². The van der Waals surface area contributed by atoms with Crippen molar-refractivity contribution in [2.24, 2.45) is 0 Å². The molecule has 2 rings (SSSR count). The standard InChI is InChI=1S/C11H16N2O4/c1-2-15-11(14)9-10(12)17-8(13-9)6-7-4-3-5-16-7/h7H,2-6,12H2,1H3. The molecule has 6 nitrogen and oxygen atoms in total. The molecule has 1 fully saturated rings. The third-order valence-electron chi connectivity index (χ3n) is 2.59. The summed E-state index contributed by atoms with van der Waals surface area (Å²) in [7, 11) is 0. The molecule has 1 aromatic heterocycles. The molecule has 1 aromatic rings. The van der Waals surface area contributed by atoms with Crippen LogP contribution in [0.3, 0.4) is 0 Å².